The lowest BCUT2D eigenvalue weighted by molar-refractivity contribution is 0.102. The molecule has 2 rings (SSSR count). The monoisotopic (exact) mass is 374 g/mol. The summed E-state index contributed by atoms with van der Waals surface area (Å²) < 4.78 is 27.6. The summed E-state index contributed by atoms with van der Waals surface area (Å²) in [4.78, 5) is 15.8. The minimum Gasteiger partial charge on any atom is -0.306 e. The summed E-state index contributed by atoms with van der Waals surface area (Å²) in [5.74, 6) is -1.92. The van der Waals surface area contributed by atoms with Crippen molar-refractivity contribution in [1.82, 2.24) is 4.98 Å². The summed E-state index contributed by atoms with van der Waals surface area (Å²) in [6.07, 6.45) is 1.57. The lowest BCUT2D eigenvalue weighted by Crippen LogP contribution is -2.15. The fraction of sp³-hybridized carbons (Fsp3) is 0.0769. The number of aromatic nitrogens is 1. The van der Waals surface area contributed by atoms with E-state index in [0.29, 0.717) is 11.9 Å². The van der Waals surface area contributed by atoms with E-state index in [-0.39, 0.29) is 11.1 Å². The number of pyridine rings is 1. The van der Waals surface area contributed by atoms with Crippen LogP contribution in [0.25, 0.3) is 0 Å². The Labute approximate surface area is 122 Å². The van der Waals surface area contributed by atoms with E-state index in [2.05, 4.69) is 32.9 Å². The van der Waals surface area contributed by atoms with Crippen LogP contribution in [0.4, 0.5) is 14.6 Å². The van der Waals surface area contributed by atoms with Crippen molar-refractivity contribution in [2.45, 2.75) is 6.92 Å². The Balaban J connectivity index is 2.25. The van der Waals surface area contributed by atoms with E-state index in [9.17, 15) is 13.6 Å². The van der Waals surface area contributed by atoms with Crippen molar-refractivity contribution in [3.8, 4) is 0 Å². The van der Waals surface area contributed by atoms with Gasteiger partial charge in [-0.15, -0.1) is 0 Å². The van der Waals surface area contributed by atoms with Crippen molar-refractivity contribution in [2.75, 3.05) is 5.32 Å². The van der Waals surface area contributed by atoms with E-state index in [1.807, 2.05) is 0 Å². The van der Waals surface area contributed by atoms with E-state index in [4.69, 9.17) is 0 Å². The van der Waals surface area contributed by atoms with Gasteiger partial charge >= 0.3 is 0 Å². The molecular weight excluding hydrogens is 365 g/mol. The van der Waals surface area contributed by atoms with Crippen LogP contribution in [-0.4, -0.2) is 10.9 Å². The van der Waals surface area contributed by atoms with Crippen molar-refractivity contribution in [3.63, 3.8) is 0 Å². The average Bonchev–Trinajstić information content (AvgIpc) is 2.36. The molecule has 0 unspecified atom stereocenters. The second-order valence-corrected chi connectivity index (χ2v) is 5.14. The highest BCUT2D eigenvalue weighted by atomic mass is 127. The SMILES string of the molecule is Cc1cc(C(=O)Nc2ccc(I)cn2)c(F)cc1F. The molecule has 1 heterocycles. The highest BCUT2D eigenvalue weighted by Gasteiger charge is 2.15. The Kier molecular flexibility index (Phi) is 4.08. The molecule has 2 aromatic rings. The minimum atomic E-state index is -0.897. The van der Waals surface area contributed by atoms with Gasteiger partial charge in [-0.05, 0) is 53.3 Å². The van der Waals surface area contributed by atoms with E-state index < -0.39 is 17.5 Å². The first-order valence-electron chi connectivity index (χ1n) is 5.36. The average molecular weight is 374 g/mol. The van der Waals surface area contributed by atoms with Gasteiger partial charge in [-0.2, -0.15) is 0 Å². The normalized spacial score (nSPS) is 10.3. The summed E-state index contributed by atoms with van der Waals surface area (Å²) in [5, 5.41) is 2.46. The van der Waals surface area contributed by atoms with Crippen LogP contribution >= 0.6 is 22.6 Å². The third kappa shape index (κ3) is 3.25. The van der Waals surface area contributed by atoms with Crippen LogP contribution in [0.3, 0.4) is 0 Å². The van der Waals surface area contributed by atoms with Gasteiger partial charge in [0.15, 0.2) is 0 Å². The van der Waals surface area contributed by atoms with Gasteiger partial charge in [0.25, 0.3) is 5.91 Å². The Hall–Kier alpha value is -1.57. The maximum atomic E-state index is 13.5. The van der Waals surface area contributed by atoms with Crippen molar-refractivity contribution < 1.29 is 13.6 Å². The van der Waals surface area contributed by atoms with E-state index in [0.717, 1.165) is 3.57 Å². The number of rotatable bonds is 2. The molecule has 0 fully saturated rings. The van der Waals surface area contributed by atoms with Gasteiger partial charge in [-0.3, -0.25) is 4.79 Å². The third-order valence-electron chi connectivity index (χ3n) is 2.46. The van der Waals surface area contributed by atoms with Gasteiger partial charge in [-0.1, -0.05) is 0 Å². The van der Waals surface area contributed by atoms with Crippen molar-refractivity contribution in [2.24, 2.45) is 0 Å². The van der Waals surface area contributed by atoms with Gasteiger partial charge in [-0.25, -0.2) is 13.8 Å². The first kappa shape index (κ1) is 13.9. The predicted molar refractivity (Wildman–Crippen MR) is 76.0 cm³/mol. The Morgan fingerprint density at radius 2 is 2.00 bits per heavy atom. The lowest BCUT2D eigenvalue weighted by Gasteiger charge is -2.07. The first-order valence-corrected chi connectivity index (χ1v) is 6.44. The van der Waals surface area contributed by atoms with Gasteiger partial charge < -0.3 is 5.32 Å². The maximum absolute atomic E-state index is 13.5. The van der Waals surface area contributed by atoms with E-state index in [1.54, 1.807) is 18.3 Å². The number of nitrogens with one attached hydrogen (secondary N) is 1. The molecule has 98 valence electrons. The zero-order chi connectivity index (χ0) is 14.0. The second kappa shape index (κ2) is 5.60. The number of hydrogen-bond acceptors (Lipinski definition) is 2. The quantitative estimate of drug-likeness (QED) is 0.818. The number of carbonyl (C=O) groups is 1. The topological polar surface area (TPSA) is 42.0 Å². The number of hydrogen-bond donors (Lipinski definition) is 1. The number of nitrogens with zero attached hydrogens (tertiary/aromatic N) is 1. The van der Waals surface area contributed by atoms with Gasteiger partial charge in [0, 0.05) is 15.8 Å². The zero-order valence-corrected chi connectivity index (χ0v) is 12.0. The smallest absolute Gasteiger partial charge is 0.259 e. The molecular formula is C13H9F2IN2O. The molecule has 0 radical (unpaired) electrons. The highest BCUT2D eigenvalue weighted by Crippen LogP contribution is 2.16. The van der Waals surface area contributed by atoms with Gasteiger partial charge in [0.2, 0.25) is 0 Å². The number of halogens is 3. The molecule has 1 amide bonds. The molecule has 1 aromatic heterocycles. The van der Waals surface area contributed by atoms with Crippen LogP contribution in [0.5, 0.6) is 0 Å². The number of anilines is 1. The molecule has 1 N–H and O–H groups in total. The van der Waals surface area contributed by atoms with Crippen LogP contribution < -0.4 is 5.32 Å². The maximum Gasteiger partial charge on any atom is 0.259 e. The molecule has 19 heavy (non-hydrogen) atoms. The van der Waals surface area contributed by atoms with Gasteiger partial charge in [0.05, 0.1) is 5.56 Å². The number of amides is 1. The number of benzene rings is 1. The lowest BCUT2D eigenvalue weighted by atomic mass is 10.1. The van der Waals surface area contributed by atoms with Crippen LogP contribution in [0.15, 0.2) is 30.5 Å². The summed E-state index contributed by atoms with van der Waals surface area (Å²) in [5.41, 5.74) is 0.00127. The number of carbonyl (C=O) groups excluding carboxylic acids is 1. The molecule has 3 nitrogen and oxygen atoms in total. The highest BCUT2D eigenvalue weighted by molar-refractivity contribution is 14.1. The fourth-order valence-electron chi connectivity index (χ4n) is 1.46. The molecule has 0 saturated heterocycles. The van der Waals surface area contributed by atoms with Crippen LogP contribution in [0.2, 0.25) is 0 Å². The molecule has 0 aliphatic heterocycles. The third-order valence-corrected chi connectivity index (χ3v) is 3.10. The summed E-state index contributed by atoms with van der Waals surface area (Å²) >= 11 is 2.08. The fourth-order valence-corrected chi connectivity index (χ4v) is 1.78. The van der Waals surface area contributed by atoms with Crippen LogP contribution in [0.1, 0.15) is 15.9 Å². The summed E-state index contributed by atoms with van der Waals surface area (Å²) in [6, 6.07) is 5.24. The van der Waals surface area contributed by atoms with E-state index in [1.165, 1.54) is 13.0 Å². The second-order valence-electron chi connectivity index (χ2n) is 3.90. The van der Waals surface area contributed by atoms with Crippen LogP contribution in [0, 0.1) is 22.1 Å². The molecule has 6 heteroatoms. The summed E-state index contributed by atoms with van der Waals surface area (Å²) in [6.45, 7) is 1.47. The number of aryl methyl sites for hydroxylation is 1. The molecule has 0 aliphatic carbocycles. The standard InChI is InChI=1S/C13H9F2IN2O/c1-7-4-9(11(15)5-10(7)14)13(19)18-12-3-2-8(16)6-17-12/h2-6H,1H3,(H,17,18,19). The molecule has 0 spiro atoms. The van der Waals surface area contributed by atoms with Crippen molar-refractivity contribution >= 4 is 34.3 Å². The first-order chi connectivity index (χ1) is 8.97. The molecule has 0 bridgehead atoms. The van der Waals surface area contributed by atoms with Crippen LogP contribution in [-0.2, 0) is 0 Å². The minimum absolute atomic E-state index is 0.209. The van der Waals surface area contributed by atoms with Gasteiger partial charge in [0.1, 0.15) is 17.5 Å². The van der Waals surface area contributed by atoms with Crippen molar-refractivity contribution in [1.29, 1.82) is 0 Å². The Bertz CT molecular complexity index is 629. The Morgan fingerprint density at radius 3 is 2.63 bits per heavy atom. The largest absolute Gasteiger partial charge is 0.306 e. The van der Waals surface area contributed by atoms with E-state index >= 15 is 0 Å². The molecule has 0 saturated carbocycles. The zero-order valence-electron chi connectivity index (χ0n) is 9.88. The molecule has 0 atom stereocenters. The van der Waals surface area contributed by atoms with Crippen molar-refractivity contribution in [3.05, 3.63) is 56.8 Å². The summed E-state index contributed by atoms with van der Waals surface area (Å²) in [7, 11) is 0. The molecule has 1 aromatic carbocycles. The molecule has 0 aliphatic rings. The predicted octanol–water partition coefficient (Wildman–Crippen LogP) is 3.53. The Morgan fingerprint density at radius 1 is 1.26 bits per heavy atom.